The number of sulfonamides is 1. The number of rotatable bonds is 4. The molecule has 5 nitrogen and oxygen atoms in total. The average molecular weight is 300 g/mol. The Morgan fingerprint density at radius 3 is 2.74 bits per heavy atom. The molecule has 1 saturated heterocycles. The quantitative estimate of drug-likeness (QED) is 0.783. The van der Waals surface area contributed by atoms with Crippen LogP contribution in [0.5, 0.6) is 0 Å². The van der Waals surface area contributed by atoms with Crippen molar-refractivity contribution in [1.29, 1.82) is 0 Å². The molecule has 0 radical (unpaired) electrons. The Morgan fingerprint density at radius 1 is 1.47 bits per heavy atom. The van der Waals surface area contributed by atoms with Gasteiger partial charge in [0.05, 0.1) is 4.90 Å². The van der Waals surface area contributed by atoms with E-state index in [0.717, 1.165) is 0 Å². The van der Waals surface area contributed by atoms with Crippen LogP contribution in [0.15, 0.2) is 29.2 Å². The van der Waals surface area contributed by atoms with Crippen LogP contribution >= 0.6 is 12.2 Å². The Kier molecular flexibility index (Phi) is 4.19. The number of aliphatic hydroxyl groups excluding tert-OH is 1. The fraction of sp³-hybridized carbons (Fsp3) is 0.417. The van der Waals surface area contributed by atoms with Crippen molar-refractivity contribution in [3.8, 4) is 0 Å². The highest BCUT2D eigenvalue weighted by molar-refractivity contribution is 7.89. The van der Waals surface area contributed by atoms with Crippen LogP contribution in [-0.4, -0.2) is 42.5 Å². The number of nitrogens with two attached hydrogens (primary N) is 1. The zero-order valence-corrected chi connectivity index (χ0v) is 12.0. The van der Waals surface area contributed by atoms with E-state index < -0.39 is 10.0 Å². The molecule has 1 aromatic carbocycles. The van der Waals surface area contributed by atoms with Crippen molar-refractivity contribution < 1.29 is 13.5 Å². The van der Waals surface area contributed by atoms with E-state index in [1.54, 1.807) is 18.2 Å². The summed E-state index contributed by atoms with van der Waals surface area (Å²) in [7, 11) is -3.60. The molecule has 0 amide bonds. The van der Waals surface area contributed by atoms with Crippen molar-refractivity contribution in [3.05, 3.63) is 29.8 Å². The van der Waals surface area contributed by atoms with Gasteiger partial charge in [-0.3, -0.25) is 0 Å². The predicted octanol–water partition coefficient (Wildman–Crippen LogP) is 0.324. The van der Waals surface area contributed by atoms with Crippen molar-refractivity contribution >= 4 is 27.2 Å². The van der Waals surface area contributed by atoms with E-state index in [4.69, 9.17) is 23.1 Å². The third-order valence-corrected chi connectivity index (χ3v) is 5.42. The molecule has 104 valence electrons. The number of thiocarbonyl (C=S) groups is 1. The molecule has 1 heterocycles. The third kappa shape index (κ3) is 2.79. The van der Waals surface area contributed by atoms with Crippen molar-refractivity contribution in [2.24, 2.45) is 11.7 Å². The molecule has 1 unspecified atom stereocenters. The van der Waals surface area contributed by atoms with Crippen LogP contribution in [-0.2, 0) is 10.0 Å². The van der Waals surface area contributed by atoms with Gasteiger partial charge >= 0.3 is 0 Å². The second-order valence-corrected chi connectivity index (χ2v) is 6.91. The van der Waals surface area contributed by atoms with Gasteiger partial charge in [0, 0.05) is 25.3 Å². The maximum absolute atomic E-state index is 12.6. The van der Waals surface area contributed by atoms with Crippen molar-refractivity contribution in [3.63, 3.8) is 0 Å². The molecule has 19 heavy (non-hydrogen) atoms. The summed E-state index contributed by atoms with van der Waals surface area (Å²) in [5, 5.41) is 9.10. The molecule has 0 saturated carbocycles. The van der Waals surface area contributed by atoms with Crippen molar-refractivity contribution in [1.82, 2.24) is 4.31 Å². The molecule has 1 aromatic rings. The summed E-state index contributed by atoms with van der Waals surface area (Å²) < 4.78 is 26.5. The molecule has 0 spiro atoms. The molecule has 2 rings (SSSR count). The standard InChI is InChI=1S/C12H16N2O3S2/c13-12(18)10-3-1-2-4-11(10)19(16,17)14-6-5-9(7-14)8-15/h1-4,9,15H,5-8H2,(H2,13,18). The zero-order valence-electron chi connectivity index (χ0n) is 10.3. The second kappa shape index (κ2) is 5.54. The summed E-state index contributed by atoms with van der Waals surface area (Å²) in [6, 6.07) is 6.47. The first-order chi connectivity index (χ1) is 8.96. The Labute approximate surface area is 118 Å². The minimum Gasteiger partial charge on any atom is -0.396 e. The van der Waals surface area contributed by atoms with Crippen molar-refractivity contribution in [2.45, 2.75) is 11.3 Å². The monoisotopic (exact) mass is 300 g/mol. The van der Waals surface area contributed by atoms with Crippen LogP contribution in [0.3, 0.4) is 0 Å². The maximum Gasteiger partial charge on any atom is 0.243 e. The van der Waals surface area contributed by atoms with E-state index in [1.807, 2.05) is 0 Å². The fourth-order valence-electron chi connectivity index (χ4n) is 2.20. The van der Waals surface area contributed by atoms with Crippen LogP contribution in [0.4, 0.5) is 0 Å². The minimum atomic E-state index is -3.60. The van der Waals surface area contributed by atoms with Crippen LogP contribution in [0.25, 0.3) is 0 Å². The normalized spacial score (nSPS) is 20.6. The van der Waals surface area contributed by atoms with Crippen LogP contribution < -0.4 is 5.73 Å². The molecule has 1 atom stereocenters. The number of hydrogen-bond acceptors (Lipinski definition) is 4. The van der Waals surface area contributed by atoms with Gasteiger partial charge in [0.2, 0.25) is 10.0 Å². The molecule has 0 aliphatic carbocycles. The van der Waals surface area contributed by atoms with E-state index in [1.165, 1.54) is 10.4 Å². The molecule has 3 N–H and O–H groups in total. The number of aliphatic hydroxyl groups is 1. The van der Waals surface area contributed by atoms with Gasteiger partial charge in [0.15, 0.2) is 0 Å². The van der Waals surface area contributed by atoms with Crippen LogP contribution in [0.1, 0.15) is 12.0 Å². The first-order valence-electron chi connectivity index (χ1n) is 5.96. The lowest BCUT2D eigenvalue weighted by atomic mass is 10.1. The van der Waals surface area contributed by atoms with Crippen LogP contribution in [0.2, 0.25) is 0 Å². The Morgan fingerprint density at radius 2 is 2.16 bits per heavy atom. The van der Waals surface area contributed by atoms with E-state index in [0.29, 0.717) is 25.1 Å². The smallest absolute Gasteiger partial charge is 0.243 e. The lowest BCUT2D eigenvalue weighted by Crippen LogP contribution is -2.31. The minimum absolute atomic E-state index is 0.00294. The largest absolute Gasteiger partial charge is 0.396 e. The van der Waals surface area contributed by atoms with Gasteiger partial charge in [-0.05, 0) is 18.4 Å². The molecular weight excluding hydrogens is 284 g/mol. The van der Waals surface area contributed by atoms with Gasteiger partial charge in [0.1, 0.15) is 4.99 Å². The van der Waals surface area contributed by atoms with Gasteiger partial charge in [-0.25, -0.2) is 8.42 Å². The molecular formula is C12H16N2O3S2. The summed E-state index contributed by atoms with van der Waals surface area (Å²) in [4.78, 5) is 0.207. The molecule has 7 heteroatoms. The first-order valence-corrected chi connectivity index (χ1v) is 7.81. The molecule has 1 aliphatic rings. The van der Waals surface area contributed by atoms with E-state index in [-0.39, 0.29) is 22.4 Å². The topological polar surface area (TPSA) is 83.6 Å². The summed E-state index contributed by atoms with van der Waals surface area (Å²) in [5.74, 6) is 0.00626. The average Bonchev–Trinajstić information content (AvgIpc) is 2.88. The van der Waals surface area contributed by atoms with E-state index in [9.17, 15) is 8.42 Å². The van der Waals surface area contributed by atoms with Gasteiger partial charge in [0.25, 0.3) is 0 Å². The second-order valence-electron chi connectivity index (χ2n) is 4.56. The maximum atomic E-state index is 12.6. The molecule has 0 bridgehead atoms. The third-order valence-electron chi connectivity index (χ3n) is 3.28. The summed E-state index contributed by atoms with van der Waals surface area (Å²) in [6.45, 7) is 0.757. The highest BCUT2D eigenvalue weighted by atomic mass is 32.2. The van der Waals surface area contributed by atoms with Gasteiger partial charge in [-0.15, -0.1) is 0 Å². The summed E-state index contributed by atoms with van der Waals surface area (Å²) >= 11 is 4.89. The zero-order chi connectivity index (χ0) is 14.0. The number of nitrogens with zero attached hydrogens (tertiary/aromatic N) is 1. The van der Waals surface area contributed by atoms with E-state index in [2.05, 4.69) is 0 Å². The predicted molar refractivity (Wildman–Crippen MR) is 76.3 cm³/mol. The van der Waals surface area contributed by atoms with Crippen LogP contribution in [0, 0.1) is 5.92 Å². The van der Waals surface area contributed by atoms with E-state index >= 15 is 0 Å². The lowest BCUT2D eigenvalue weighted by molar-refractivity contribution is 0.233. The lowest BCUT2D eigenvalue weighted by Gasteiger charge is -2.18. The molecule has 1 aliphatic heterocycles. The van der Waals surface area contributed by atoms with Gasteiger partial charge < -0.3 is 10.8 Å². The number of benzene rings is 1. The van der Waals surface area contributed by atoms with Crippen molar-refractivity contribution in [2.75, 3.05) is 19.7 Å². The SMILES string of the molecule is NC(=S)c1ccccc1S(=O)(=O)N1CCC(CO)C1. The Hall–Kier alpha value is -1.02. The fourth-order valence-corrected chi connectivity index (χ4v) is 4.18. The molecule has 0 aromatic heterocycles. The molecule has 1 fully saturated rings. The summed E-state index contributed by atoms with van der Waals surface area (Å²) in [6.07, 6.45) is 0.672. The first kappa shape index (κ1) is 14.4. The summed E-state index contributed by atoms with van der Waals surface area (Å²) in [5.41, 5.74) is 5.94. The Bertz CT molecular complexity index is 586. The number of hydrogen-bond donors (Lipinski definition) is 2. The highest BCUT2D eigenvalue weighted by Gasteiger charge is 2.33. The van der Waals surface area contributed by atoms with Gasteiger partial charge in [-0.2, -0.15) is 4.31 Å². The highest BCUT2D eigenvalue weighted by Crippen LogP contribution is 2.26. The van der Waals surface area contributed by atoms with Gasteiger partial charge in [-0.1, -0.05) is 30.4 Å². The Balaban J connectivity index is 2.38.